The summed E-state index contributed by atoms with van der Waals surface area (Å²) in [5, 5.41) is 0. The third-order valence-corrected chi connectivity index (χ3v) is 4.30. The Morgan fingerprint density at radius 3 is 2.82 bits per heavy atom. The van der Waals surface area contributed by atoms with Gasteiger partial charge in [-0.3, -0.25) is 0 Å². The molecule has 1 aromatic rings. The quantitative estimate of drug-likeness (QED) is 0.864. The highest BCUT2D eigenvalue weighted by atomic mass is 15.2. The highest BCUT2D eigenvalue weighted by Crippen LogP contribution is 2.35. The van der Waals surface area contributed by atoms with E-state index in [0.29, 0.717) is 12.1 Å². The molecule has 2 unspecified atom stereocenters. The second-order valence-electron chi connectivity index (χ2n) is 5.67. The third kappa shape index (κ3) is 2.19. The first-order valence-electron chi connectivity index (χ1n) is 6.86. The summed E-state index contributed by atoms with van der Waals surface area (Å²) >= 11 is 0. The molecule has 0 radical (unpaired) electrons. The Bertz CT molecular complexity index is 398. The van der Waals surface area contributed by atoms with Gasteiger partial charge >= 0.3 is 0 Å². The van der Waals surface area contributed by atoms with Gasteiger partial charge in [-0.1, -0.05) is 18.2 Å². The van der Waals surface area contributed by atoms with Crippen molar-refractivity contribution in [3.05, 3.63) is 29.8 Å². The number of hydrogen-bond acceptors (Lipinski definition) is 2. The lowest BCUT2D eigenvalue weighted by atomic mass is 9.96. The second kappa shape index (κ2) is 4.34. The number of aryl methyl sites for hydroxylation is 1. The molecule has 1 aromatic carbocycles. The van der Waals surface area contributed by atoms with Crippen LogP contribution in [-0.2, 0) is 6.42 Å². The average Bonchev–Trinajstić information content (AvgIpc) is 3.17. The van der Waals surface area contributed by atoms with Crippen LogP contribution in [0, 0.1) is 5.92 Å². The smallest absolute Gasteiger partial charge is 0.0401 e. The Balaban J connectivity index is 1.81. The van der Waals surface area contributed by atoms with Crippen molar-refractivity contribution in [1.82, 2.24) is 0 Å². The topological polar surface area (TPSA) is 29.3 Å². The number of anilines is 1. The fourth-order valence-corrected chi connectivity index (χ4v) is 2.94. The molecule has 2 aliphatic rings. The Morgan fingerprint density at radius 2 is 2.06 bits per heavy atom. The normalized spacial score (nSPS) is 25.5. The van der Waals surface area contributed by atoms with Gasteiger partial charge < -0.3 is 10.6 Å². The minimum absolute atomic E-state index is 0.364. The molecule has 2 N–H and O–H groups in total. The van der Waals surface area contributed by atoms with E-state index in [1.165, 1.54) is 36.9 Å². The van der Waals surface area contributed by atoms with Gasteiger partial charge in [0.15, 0.2) is 0 Å². The molecule has 0 spiro atoms. The zero-order chi connectivity index (χ0) is 11.8. The number of nitrogens with zero attached hydrogens (tertiary/aromatic N) is 1. The summed E-state index contributed by atoms with van der Waals surface area (Å²) < 4.78 is 0. The average molecular weight is 230 g/mol. The van der Waals surface area contributed by atoms with Crippen LogP contribution in [0.2, 0.25) is 0 Å². The van der Waals surface area contributed by atoms with Crippen LogP contribution >= 0.6 is 0 Å². The van der Waals surface area contributed by atoms with E-state index < -0.39 is 0 Å². The molecule has 92 valence electrons. The van der Waals surface area contributed by atoms with Crippen LogP contribution in [0.25, 0.3) is 0 Å². The molecule has 1 saturated carbocycles. The third-order valence-electron chi connectivity index (χ3n) is 4.30. The molecular formula is C15H22N2. The maximum atomic E-state index is 6.29. The Labute approximate surface area is 104 Å². The monoisotopic (exact) mass is 230 g/mol. The molecule has 1 fully saturated rings. The zero-order valence-electron chi connectivity index (χ0n) is 10.6. The van der Waals surface area contributed by atoms with Crippen LogP contribution in [0.4, 0.5) is 5.69 Å². The first kappa shape index (κ1) is 11.1. The van der Waals surface area contributed by atoms with Gasteiger partial charge in [-0.2, -0.15) is 0 Å². The lowest BCUT2D eigenvalue weighted by molar-refractivity contribution is 0.501. The van der Waals surface area contributed by atoms with Crippen molar-refractivity contribution in [3.8, 4) is 0 Å². The van der Waals surface area contributed by atoms with E-state index in [9.17, 15) is 0 Å². The van der Waals surface area contributed by atoms with Gasteiger partial charge in [-0.15, -0.1) is 0 Å². The van der Waals surface area contributed by atoms with Crippen molar-refractivity contribution in [2.45, 2.75) is 44.7 Å². The minimum atomic E-state index is 0.364. The number of hydrogen-bond donors (Lipinski definition) is 1. The van der Waals surface area contributed by atoms with Gasteiger partial charge in [0.2, 0.25) is 0 Å². The van der Waals surface area contributed by atoms with Crippen LogP contribution < -0.4 is 10.6 Å². The number of benzene rings is 1. The standard InChI is InChI=1S/C15H22N2/c1-11-6-7-13-4-2-3-5-15(13)17(11)10-14(16)12-8-9-12/h2-5,11-12,14H,6-10,16H2,1H3. The van der Waals surface area contributed by atoms with E-state index in [0.717, 1.165) is 12.5 Å². The molecule has 1 heterocycles. The van der Waals surface area contributed by atoms with E-state index in [2.05, 4.69) is 36.1 Å². The van der Waals surface area contributed by atoms with Gasteiger partial charge in [0, 0.05) is 24.3 Å². The van der Waals surface area contributed by atoms with Crippen molar-refractivity contribution in [2.24, 2.45) is 11.7 Å². The van der Waals surface area contributed by atoms with Crippen molar-refractivity contribution in [3.63, 3.8) is 0 Å². The van der Waals surface area contributed by atoms with Crippen LogP contribution in [0.5, 0.6) is 0 Å². The van der Waals surface area contributed by atoms with Crippen LogP contribution in [0.3, 0.4) is 0 Å². The van der Waals surface area contributed by atoms with Crippen molar-refractivity contribution in [2.75, 3.05) is 11.4 Å². The van der Waals surface area contributed by atoms with Gasteiger partial charge in [-0.25, -0.2) is 0 Å². The zero-order valence-corrected chi connectivity index (χ0v) is 10.6. The van der Waals surface area contributed by atoms with Crippen LogP contribution in [0.15, 0.2) is 24.3 Å². The number of rotatable bonds is 3. The van der Waals surface area contributed by atoms with Crippen LogP contribution in [0.1, 0.15) is 31.7 Å². The molecule has 2 heteroatoms. The predicted molar refractivity (Wildman–Crippen MR) is 72.3 cm³/mol. The van der Waals surface area contributed by atoms with Gasteiger partial charge in [0.25, 0.3) is 0 Å². The Hall–Kier alpha value is -1.02. The van der Waals surface area contributed by atoms with Gasteiger partial charge in [0.1, 0.15) is 0 Å². The lowest BCUT2D eigenvalue weighted by Crippen LogP contribution is -2.45. The molecule has 0 aromatic heterocycles. The molecule has 0 amide bonds. The fraction of sp³-hybridized carbons (Fsp3) is 0.600. The van der Waals surface area contributed by atoms with Crippen molar-refractivity contribution >= 4 is 5.69 Å². The van der Waals surface area contributed by atoms with Gasteiger partial charge in [-0.05, 0) is 50.2 Å². The van der Waals surface area contributed by atoms with E-state index in [1.807, 2.05) is 0 Å². The first-order valence-corrected chi connectivity index (χ1v) is 6.86. The summed E-state index contributed by atoms with van der Waals surface area (Å²) in [5.41, 5.74) is 9.20. The molecule has 0 bridgehead atoms. The molecule has 3 rings (SSSR count). The predicted octanol–water partition coefficient (Wildman–Crippen LogP) is 2.57. The number of fused-ring (bicyclic) bond motifs is 1. The fourth-order valence-electron chi connectivity index (χ4n) is 2.94. The van der Waals surface area contributed by atoms with E-state index in [4.69, 9.17) is 5.73 Å². The molecule has 1 aliphatic heterocycles. The second-order valence-corrected chi connectivity index (χ2v) is 5.67. The summed E-state index contributed by atoms with van der Waals surface area (Å²) in [5.74, 6) is 0.788. The molecule has 0 saturated heterocycles. The highest BCUT2D eigenvalue weighted by Gasteiger charge is 2.32. The largest absolute Gasteiger partial charge is 0.367 e. The van der Waals surface area contributed by atoms with Crippen LogP contribution in [-0.4, -0.2) is 18.6 Å². The molecule has 2 atom stereocenters. The Morgan fingerprint density at radius 1 is 1.29 bits per heavy atom. The number of para-hydroxylation sites is 1. The summed E-state index contributed by atoms with van der Waals surface area (Å²) in [6.07, 6.45) is 5.15. The maximum absolute atomic E-state index is 6.29. The molecule has 17 heavy (non-hydrogen) atoms. The number of nitrogens with two attached hydrogens (primary N) is 1. The summed E-state index contributed by atoms with van der Waals surface area (Å²) in [6, 6.07) is 9.81. The highest BCUT2D eigenvalue weighted by molar-refractivity contribution is 5.56. The lowest BCUT2D eigenvalue weighted by Gasteiger charge is -2.38. The van der Waals surface area contributed by atoms with Crippen molar-refractivity contribution in [1.29, 1.82) is 0 Å². The van der Waals surface area contributed by atoms with Crippen molar-refractivity contribution < 1.29 is 0 Å². The molecule has 1 aliphatic carbocycles. The Kier molecular flexibility index (Phi) is 2.83. The molecule has 2 nitrogen and oxygen atoms in total. The summed E-state index contributed by atoms with van der Waals surface area (Å²) in [6.45, 7) is 3.36. The summed E-state index contributed by atoms with van der Waals surface area (Å²) in [7, 11) is 0. The minimum Gasteiger partial charge on any atom is -0.367 e. The van der Waals surface area contributed by atoms with Gasteiger partial charge in [0.05, 0.1) is 0 Å². The van der Waals surface area contributed by atoms with E-state index in [1.54, 1.807) is 0 Å². The SMILES string of the molecule is CC1CCc2ccccc2N1CC(N)C1CC1. The maximum Gasteiger partial charge on any atom is 0.0401 e. The first-order chi connectivity index (χ1) is 8.25. The molecular weight excluding hydrogens is 208 g/mol. The van der Waals surface area contributed by atoms with E-state index in [-0.39, 0.29) is 0 Å². The van der Waals surface area contributed by atoms with E-state index >= 15 is 0 Å². The summed E-state index contributed by atoms with van der Waals surface area (Å²) in [4.78, 5) is 2.53.